The fourth-order valence-electron chi connectivity index (χ4n) is 1.87. The molecule has 0 saturated carbocycles. The molecular weight excluding hydrogens is 327 g/mol. The maximum atomic E-state index is 12.4. The van der Waals surface area contributed by atoms with Gasteiger partial charge in [-0.05, 0) is 22.9 Å². The molecule has 0 N–H and O–H groups in total. The molecule has 0 aliphatic heterocycles. The normalized spacial score (nSPS) is 12.9. The summed E-state index contributed by atoms with van der Waals surface area (Å²) in [5.41, 5.74) is -5.12. The van der Waals surface area contributed by atoms with Gasteiger partial charge >= 0.3 is 15.6 Å². The van der Waals surface area contributed by atoms with Crippen LogP contribution in [0.1, 0.15) is 0 Å². The molecule has 0 fully saturated rings. The molecule has 110 valence electrons. The predicted octanol–water partition coefficient (Wildman–Crippen LogP) is 3.68. The molecular formula is C12H6F3NO3S2. The fraction of sp³-hybridized carbons (Fsp3) is 0.0833. The van der Waals surface area contributed by atoms with Gasteiger partial charge in [-0.3, -0.25) is 4.98 Å². The van der Waals surface area contributed by atoms with Crippen LogP contribution in [-0.2, 0) is 10.1 Å². The molecule has 0 unspecified atom stereocenters. The van der Waals surface area contributed by atoms with E-state index in [0.717, 1.165) is 11.5 Å². The van der Waals surface area contributed by atoms with Crippen LogP contribution in [-0.4, -0.2) is 18.9 Å². The first-order valence-corrected chi connectivity index (χ1v) is 7.84. The Morgan fingerprint density at radius 2 is 1.90 bits per heavy atom. The van der Waals surface area contributed by atoms with Crippen molar-refractivity contribution >= 4 is 42.4 Å². The predicted molar refractivity (Wildman–Crippen MR) is 72.7 cm³/mol. The third kappa shape index (κ3) is 2.32. The zero-order valence-corrected chi connectivity index (χ0v) is 11.7. The van der Waals surface area contributed by atoms with Gasteiger partial charge < -0.3 is 4.18 Å². The minimum absolute atomic E-state index is 0.248. The van der Waals surface area contributed by atoms with Gasteiger partial charge in [-0.2, -0.15) is 21.6 Å². The van der Waals surface area contributed by atoms with E-state index in [1.54, 1.807) is 23.6 Å². The SMILES string of the molecule is O=S(=O)(Oc1ccnc2ccc3ccsc3c12)C(F)(F)F. The molecule has 0 atom stereocenters. The van der Waals surface area contributed by atoms with Gasteiger partial charge in [0.1, 0.15) is 0 Å². The first kappa shape index (κ1) is 14.1. The molecule has 0 radical (unpaired) electrons. The molecule has 3 rings (SSSR count). The van der Waals surface area contributed by atoms with Crippen LogP contribution in [0.15, 0.2) is 35.8 Å². The van der Waals surface area contributed by atoms with Crippen LogP contribution < -0.4 is 4.18 Å². The van der Waals surface area contributed by atoms with Crippen molar-refractivity contribution in [3.8, 4) is 5.75 Å². The third-order valence-electron chi connectivity index (χ3n) is 2.77. The highest BCUT2D eigenvalue weighted by Gasteiger charge is 2.48. The number of alkyl halides is 3. The molecule has 0 spiro atoms. The van der Waals surface area contributed by atoms with Crippen molar-refractivity contribution in [1.82, 2.24) is 4.98 Å². The van der Waals surface area contributed by atoms with Gasteiger partial charge in [0.15, 0.2) is 5.75 Å². The summed E-state index contributed by atoms with van der Waals surface area (Å²) in [5.74, 6) is -0.384. The van der Waals surface area contributed by atoms with Gasteiger partial charge in [0, 0.05) is 17.0 Å². The summed E-state index contributed by atoms with van der Waals surface area (Å²) in [5, 5.41) is 2.77. The Morgan fingerprint density at radius 3 is 2.62 bits per heavy atom. The highest BCUT2D eigenvalue weighted by Crippen LogP contribution is 2.37. The summed E-state index contributed by atoms with van der Waals surface area (Å²) < 4.78 is 64.6. The number of pyridine rings is 1. The van der Waals surface area contributed by atoms with Crippen molar-refractivity contribution in [2.45, 2.75) is 5.51 Å². The van der Waals surface area contributed by atoms with E-state index < -0.39 is 15.6 Å². The maximum absolute atomic E-state index is 12.4. The van der Waals surface area contributed by atoms with Crippen molar-refractivity contribution in [2.75, 3.05) is 0 Å². The van der Waals surface area contributed by atoms with Gasteiger partial charge in [0.05, 0.1) is 10.9 Å². The van der Waals surface area contributed by atoms with Gasteiger partial charge in [-0.15, -0.1) is 11.3 Å². The molecule has 2 heterocycles. The van der Waals surface area contributed by atoms with Crippen LogP contribution in [0.3, 0.4) is 0 Å². The van der Waals surface area contributed by atoms with Crippen LogP contribution in [0.25, 0.3) is 21.0 Å². The number of aromatic nitrogens is 1. The monoisotopic (exact) mass is 333 g/mol. The Kier molecular flexibility index (Phi) is 3.06. The Hall–Kier alpha value is -1.87. The smallest absolute Gasteiger partial charge is 0.375 e. The third-order valence-corrected chi connectivity index (χ3v) is 4.68. The van der Waals surface area contributed by atoms with Crippen molar-refractivity contribution in [1.29, 1.82) is 0 Å². The lowest BCUT2D eigenvalue weighted by Crippen LogP contribution is -2.28. The number of halogens is 3. The number of benzene rings is 1. The van der Waals surface area contributed by atoms with Crippen LogP contribution in [0, 0.1) is 0 Å². The molecule has 1 aromatic carbocycles. The Balaban J connectivity index is 2.26. The molecule has 0 saturated heterocycles. The summed E-state index contributed by atoms with van der Waals surface area (Å²) in [4.78, 5) is 4.01. The molecule has 3 aromatic rings. The largest absolute Gasteiger partial charge is 0.534 e. The van der Waals surface area contributed by atoms with Crippen molar-refractivity contribution in [3.05, 3.63) is 35.8 Å². The standard InChI is InChI=1S/C12H6F3NO3S2/c13-12(14,15)21(17,18)19-9-3-5-16-8-2-1-7-4-6-20-11(7)10(8)9/h1-6H. The zero-order valence-electron chi connectivity index (χ0n) is 10.1. The van der Waals surface area contributed by atoms with E-state index in [9.17, 15) is 21.6 Å². The molecule has 0 aliphatic carbocycles. The molecule has 0 amide bonds. The van der Waals surface area contributed by atoms with Gasteiger partial charge in [-0.25, -0.2) is 0 Å². The van der Waals surface area contributed by atoms with Gasteiger partial charge in [-0.1, -0.05) is 6.07 Å². The summed E-state index contributed by atoms with van der Waals surface area (Å²) >= 11 is 1.27. The Bertz CT molecular complexity index is 932. The summed E-state index contributed by atoms with van der Waals surface area (Å²) in [7, 11) is -5.72. The van der Waals surface area contributed by atoms with Gasteiger partial charge in [0.2, 0.25) is 0 Å². The van der Waals surface area contributed by atoms with E-state index in [0.29, 0.717) is 10.2 Å². The molecule has 21 heavy (non-hydrogen) atoms. The quantitative estimate of drug-likeness (QED) is 0.530. The van der Waals surface area contributed by atoms with E-state index in [1.165, 1.54) is 17.5 Å². The number of hydrogen-bond acceptors (Lipinski definition) is 5. The van der Waals surface area contributed by atoms with Crippen LogP contribution in [0.2, 0.25) is 0 Å². The average molecular weight is 333 g/mol. The van der Waals surface area contributed by atoms with Crippen LogP contribution in [0.5, 0.6) is 5.75 Å². The minimum atomic E-state index is -5.72. The molecule has 2 aromatic heterocycles. The van der Waals surface area contributed by atoms with Crippen LogP contribution >= 0.6 is 11.3 Å². The van der Waals surface area contributed by atoms with E-state index in [2.05, 4.69) is 9.17 Å². The second-order valence-electron chi connectivity index (χ2n) is 4.09. The molecule has 9 heteroatoms. The Morgan fingerprint density at radius 1 is 1.14 bits per heavy atom. The maximum Gasteiger partial charge on any atom is 0.534 e. The second-order valence-corrected chi connectivity index (χ2v) is 6.54. The number of nitrogens with zero attached hydrogens (tertiary/aromatic N) is 1. The van der Waals surface area contributed by atoms with Crippen molar-refractivity contribution < 1.29 is 25.8 Å². The van der Waals surface area contributed by atoms with E-state index in [1.807, 2.05) is 0 Å². The number of fused-ring (bicyclic) bond motifs is 3. The first-order chi connectivity index (χ1) is 9.79. The van der Waals surface area contributed by atoms with Crippen molar-refractivity contribution in [3.63, 3.8) is 0 Å². The topological polar surface area (TPSA) is 56.3 Å². The lowest BCUT2D eigenvalue weighted by Gasteiger charge is -2.11. The fourth-order valence-corrected chi connectivity index (χ4v) is 3.29. The summed E-state index contributed by atoms with van der Waals surface area (Å²) in [6.45, 7) is 0. The summed E-state index contributed by atoms with van der Waals surface area (Å²) in [6.07, 6.45) is 1.20. The van der Waals surface area contributed by atoms with E-state index in [-0.39, 0.29) is 11.1 Å². The molecule has 0 bridgehead atoms. The zero-order chi connectivity index (χ0) is 15.3. The lowest BCUT2D eigenvalue weighted by molar-refractivity contribution is -0.0499. The van der Waals surface area contributed by atoms with Crippen LogP contribution in [0.4, 0.5) is 13.2 Å². The average Bonchev–Trinajstić information content (AvgIpc) is 2.85. The molecule has 0 aliphatic rings. The van der Waals surface area contributed by atoms with Crippen molar-refractivity contribution in [2.24, 2.45) is 0 Å². The molecule has 4 nitrogen and oxygen atoms in total. The summed E-state index contributed by atoms with van der Waals surface area (Å²) in [6, 6.07) is 6.22. The second kappa shape index (κ2) is 4.57. The highest BCUT2D eigenvalue weighted by molar-refractivity contribution is 7.88. The number of hydrogen-bond donors (Lipinski definition) is 0. The van der Waals surface area contributed by atoms with E-state index in [4.69, 9.17) is 0 Å². The first-order valence-electron chi connectivity index (χ1n) is 5.55. The Labute approximate surface area is 120 Å². The van der Waals surface area contributed by atoms with Gasteiger partial charge in [0.25, 0.3) is 0 Å². The number of rotatable bonds is 2. The van der Waals surface area contributed by atoms with E-state index >= 15 is 0 Å². The minimum Gasteiger partial charge on any atom is -0.375 e. The number of thiophene rings is 1. The lowest BCUT2D eigenvalue weighted by atomic mass is 10.1. The highest BCUT2D eigenvalue weighted by atomic mass is 32.2.